The molecule has 0 spiro atoms. The zero-order valence-corrected chi connectivity index (χ0v) is 20.6. The highest BCUT2D eigenvalue weighted by molar-refractivity contribution is 14.0. The number of hydrogen-bond acceptors (Lipinski definition) is 4. The maximum absolute atomic E-state index is 14.0. The second kappa shape index (κ2) is 14.1. The highest BCUT2D eigenvalue weighted by Gasteiger charge is 2.27. The first-order chi connectivity index (χ1) is 14.7. The van der Waals surface area contributed by atoms with E-state index in [4.69, 9.17) is 9.47 Å². The Morgan fingerprint density at radius 1 is 1.23 bits per heavy atom. The van der Waals surface area contributed by atoms with Gasteiger partial charge in [-0.25, -0.2) is 8.78 Å². The van der Waals surface area contributed by atoms with Crippen molar-refractivity contribution in [2.24, 2.45) is 10.9 Å². The first-order valence-electron chi connectivity index (χ1n) is 11.1. The summed E-state index contributed by atoms with van der Waals surface area (Å²) in [4.78, 5) is 6.38. The smallest absolute Gasteiger partial charge is 0.191 e. The molecule has 2 saturated heterocycles. The van der Waals surface area contributed by atoms with Gasteiger partial charge in [0.2, 0.25) is 0 Å². The van der Waals surface area contributed by atoms with Gasteiger partial charge in [-0.15, -0.1) is 24.0 Å². The summed E-state index contributed by atoms with van der Waals surface area (Å²) in [6.45, 7) is 7.78. The monoisotopic (exact) mass is 552 g/mol. The van der Waals surface area contributed by atoms with Crippen LogP contribution in [0.3, 0.4) is 0 Å². The fraction of sp³-hybridized carbons (Fsp3) is 0.682. The average Bonchev–Trinajstić information content (AvgIpc) is 3.19. The zero-order chi connectivity index (χ0) is 21.2. The van der Waals surface area contributed by atoms with Gasteiger partial charge < -0.3 is 25.0 Å². The number of aliphatic imine (C=N–C) groups is 1. The minimum absolute atomic E-state index is 0. The van der Waals surface area contributed by atoms with Crippen LogP contribution in [0.25, 0.3) is 0 Å². The van der Waals surface area contributed by atoms with Crippen LogP contribution in [-0.4, -0.2) is 64.6 Å². The molecule has 0 radical (unpaired) electrons. The third kappa shape index (κ3) is 8.34. The topological polar surface area (TPSA) is 58.1 Å². The second-order valence-electron chi connectivity index (χ2n) is 7.89. The van der Waals surface area contributed by atoms with Crippen molar-refractivity contribution in [3.8, 4) is 0 Å². The SMILES string of the molecule is CCNC(=NCCCOCC1CCOCC1)NC1CCN(c2c(F)cccc2F)C1.I. The van der Waals surface area contributed by atoms with E-state index in [1.807, 2.05) is 6.92 Å². The lowest BCUT2D eigenvalue weighted by Gasteiger charge is -2.22. The van der Waals surface area contributed by atoms with E-state index in [0.717, 1.165) is 58.0 Å². The number of benzene rings is 1. The first kappa shape index (κ1) is 26.1. The molecule has 1 aromatic rings. The van der Waals surface area contributed by atoms with Crippen molar-refractivity contribution in [2.75, 3.05) is 57.5 Å². The molecule has 3 rings (SSSR count). The lowest BCUT2D eigenvalue weighted by Crippen LogP contribution is -2.44. The molecule has 31 heavy (non-hydrogen) atoms. The molecule has 2 heterocycles. The molecule has 6 nitrogen and oxygen atoms in total. The Bertz CT molecular complexity index is 669. The third-order valence-corrected chi connectivity index (χ3v) is 5.54. The molecule has 0 saturated carbocycles. The standard InChI is InChI=1S/C22H34F2N4O2.HI/c1-2-25-22(26-10-4-12-30-16-17-8-13-29-14-9-17)27-18-7-11-28(15-18)21-19(23)5-3-6-20(21)24;/h3,5-6,17-18H,2,4,7-16H2,1H3,(H2,25,26,27);1H. The lowest BCUT2D eigenvalue weighted by molar-refractivity contribution is 0.0205. The molecule has 0 aliphatic carbocycles. The summed E-state index contributed by atoms with van der Waals surface area (Å²) < 4.78 is 39.2. The molecule has 2 N–H and O–H groups in total. The summed E-state index contributed by atoms with van der Waals surface area (Å²) >= 11 is 0. The number of nitrogens with zero attached hydrogens (tertiary/aromatic N) is 2. The van der Waals surface area contributed by atoms with E-state index in [9.17, 15) is 8.78 Å². The van der Waals surface area contributed by atoms with Crippen LogP contribution in [0.4, 0.5) is 14.5 Å². The Balaban J connectivity index is 0.00000341. The van der Waals surface area contributed by atoms with Gasteiger partial charge in [-0.05, 0) is 50.7 Å². The van der Waals surface area contributed by atoms with Gasteiger partial charge in [0.15, 0.2) is 5.96 Å². The zero-order valence-electron chi connectivity index (χ0n) is 18.2. The molecule has 9 heteroatoms. The van der Waals surface area contributed by atoms with E-state index in [2.05, 4.69) is 15.6 Å². The van der Waals surface area contributed by atoms with Crippen LogP contribution in [0, 0.1) is 17.6 Å². The average molecular weight is 552 g/mol. The Hall–Kier alpha value is -1.20. The Labute approximate surface area is 201 Å². The number of guanidine groups is 1. The number of ether oxygens (including phenoxy) is 2. The van der Waals surface area contributed by atoms with E-state index in [0.29, 0.717) is 32.2 Å². The van der Waals surface area contributed by atoms with Crippen molar-refractivity contribution in [3.05, 3.63) is 29.8 Å². The van der Waals surface area contributed by atoms with E-state index in [1.165, 1.54) is 18.2 Å². The van der Waals surface area contributed by atoms with Crippen LogP contribution in [-0.2, 0) is 9.47 Å². The molecule has 1 unspecified atom stereocenters. The van der Waals surface area contributed by atoms with Gasteiger partial charge in [-0.2, -0.15) is 0 Å². The molecule has 0 amide bonds. The summed E-state index contributed by atoms with van der Waals surface area (Å²) in [6, 6.07) is 4.08. The maximum Gasteiger partial charge on any atom is 0.191 e. The van der Waals surface area contributed by atoms with Crippen LogP contribution < -0.4 is 15.5 Å². The van der Waals surface area contributed by atoms with E-state index in [-0.39, 0.29) is 35.7 Å². The quantitative estimate of drug-likeness (QED) is 0.213. The third-order valence-electron chi connectivity index (χ3n) is 5.54. The first-order valence-corrected chi connectivity index (χ1v) is 11.1. The predicted octanol–water partition coefficient (Wildman–Crippen LogP) is 3.55. The molecule has 2 aliphatic rings. The fourth-order valence-electron chi connectivity index (χ4n) is 3.91. The number of para-hydroxylation sites is 1. The fourth-order valence-corrected chi connectivity index (χ4v) is 3.91. The van der Waals surface area contributed by atoms with Crippen LogP contribution in [0.1, 0.15) is 32.6 Å². The van der Waals surface area contributed by atoms with Gasteiger partial charge >= 0.3 is 0 Å². The normalized spacial score (nSPS) is 19.9. The molecule has 2 aliphatic heterocycles. The van der Waals surface area contributed by atoms with Crippen LogP contribution in [0.15, 0.2) is 23.2 Å². The Morgan fingerprint density at radius 3 is 2.68 bits per heavy atom. The van der Waals surface area contributed by atoms with Crippen molar-refractivity contribution in [3.63, 3.8) is 0 Å². The number of nitrogens with one attached hydrogen (secondary N) is 2. The van der Waals surface area contributed by atoms with Crippen LogP contribution >= 0.6 is 24.0 Å². The number of hydrogen-bond donors (Lipinski definition) is 2. The van der Waals surface area contributed by atoms with Crippen molar-refractivity contribution in [1.82, 2.24) is 10.6 Å². The van der Waals surface area contributed by atoms with Gasteiger partial charge in [0, 0.05) is 58.6 Å². The minimum atomic E-state index is -0.517. The van der Waals surface area contributed by atoms with Crippen molar-refractivity contribution in [1.29, 1.82) is 0 Å². The number of rotatable bonds is 9. The van der Waals surface area contributed by atoms with Crippen LogP contribution in [0.5, 0.6) is 0 Å². The predicted molar refractivity (Wildman–Crippen MR) is 130 cm³/mol. The summed E-state index contributed by atoms with van der Waals surface area (Å²) in [5.41, 5.74) is 0.0606. The van der Waals surface area contributed by atoms with Crippen molar-refractivity contribution < 1.29 is 18.3 Å². The minimum Gasteiger partial charge on any atom is -0.381 e. The molecule has 176 valence electrons. The van der Waals surface area contributed by atoms with E-state index < -0.39 is 11.6 Å². The van der Waals surface area contributed by atoms with Gasteiger partial charge in [0.25, 0.3) is 0 Å². The summed E-state index contributed by atoms with van der Waals surface area (Å²) in [5, 5.41) is 6.64. The van der Waals surface area contributed by atoms with Gasteiger partial charge in [0.1, 0.15) is 17.3 Å². The van der Waals surface area contributed by atoms with E-state index >= 15 is 0 Å². The Morgan fingerprint density at radius 2 is 1.97 bits per heavy atom. The van der Waals surface area contributed by atoms with Crippen molar-refractivity contribution >= 4 is 35.6 Å². The molecule has 0 aromatic heterocycles. The highest BCUT2D eigenvalue weighted by atomic mass is 127. The molecular formula is C22H35F2IN4O2. The summed E-state index contributed by atoms with van der Waals surface area (Å²) in [5.74, 6) is 0.322. The van der Waals surface area contributed by atoms with Gasteiger partial charge in [0.05, 0.1) is 0 Å². The molecule has 2 fully saturated rings. The number of halogens is 3. The maximum atomic E-state index is 14.0. The van der Waals surface area contributed by atoms with E-state index in [1.54, 1.807) is 4.90 Å². The van der Waals surface area contributed by atoms with Crippen molar-refractivity contribution in [2.45, 2.75) is 38.6 Å². The molecule has 0 bridgehead atoms. The summed E-state index contributed by atoms with van der Waals surface area (Å²) in [7, 11) is 0. The number of anilines is 1. The summed E-state index contributed by atoms with van der Waals surface area (Å²) in [6.07, 6.45) is 3.83. The highest BCUT2D eigenvalue weighted by Crippen LogP contribution is 2.26. The van der Waals surface area contributed by atoms with Gasteiger partial charge in [-0.3, -0.25) is 4.99 Å². The molecule has 1 aromatic carbocycles. The Kier molecular flexibility index (Phi) is 11.8. The van der Waals surface area contributed by atoms with Gasteiger partial charge in [-0.1, -0.05) is 6.07 Å². The lowest BCUT2D eigenvalue weighted by atomic mass is 10.0. The second-order valence-corrected chi connectivity index (χ2v) is 7.89. The largest absolute Gasteiger partial charge is 0.381 e. The molecular weight excluding hydrogens is 517 g/mol. The van der Waals surface area contributed by atoms with Crippen LogP contribution in [0.2, 0.25) is 0 Å². The molecule has 1 atom stereocenters.